The second kappa shape index (κ2) is 4.30. The molecule has 2 rings (SSSR count). The van der Waals surface area contributed by atoms with Crippen molar-refractivity contribution in [3.63, 3.8) is 0 Å². The predicted molar refractivity (Wildman–Crippen MR) is 54.1 cm³/mol. The molecule has 80 valence electrons. The third-order valence-electron chi connectivity index (χ3n) is 3.21. The Labute approximate surface area is 84.9 Å². The Hall–Kier alpha value is -0.570. The van der Waals surface area contributed by atoms with E-state index < -0.39 is 5.97 Å². The zero-order valence-corrected chi connectivity index (χ0v) is 8.54. The monoisotopic (exact) mass is 197 g/mol. The van der Waals surface area contributed by atoms with Gasteiger partial charge in [0.25, 0.3) is 0 Å². The van der Waals surface area contributed by atoms with Gasteiger partial charge in [-0.2, -0.15) is 0 Å². The SMILES string of the molecule is O=C(O)C(NCCCC1CC1)C1CC1. The van der Waals surface area contributed by atoms with Crippen molar-refractivity contribution in [2.45, 2.75) is 44.6 Å². The highest BCUT2D eigenvalue weighted by Crippen LogP contribution is 2.34. The van der Waals surface area contributed by atoms with Gasteiger partial charge in [0.15, 0.2) is 0 Å². The fourth-order valence-electron chi connectivity index (χ4n) is 1.94. The quantitative estimate of drug-likeness (QED) is 0.610. The van der Waals surface area contributed by atoms with Crippen LogP contribution in [0.1, 0.15) is 38.5 Å². The van der Waals surface area contributed by atoms with Crippen LogP contribution in [0.2, 0.25) is 0 Å². The number of carbonyl (C=O) groups is 1. The molecule has 0 aromatic heterocycles. The Morgan fingerprint density at radius 2 is 2.07 bits per heavy atom. The van der Waals surface area contributed by atoms with Crippen molar-refractivity contribution in [1.82, 2.24) is 5.32 Å². The molecule has 0 saturated heterocycles. The molecule has 0 aliphatic heterocycles. The van der Waals surface area contributed by atoms with E-state index in [0.717, 1.165) is 31.7 Å². The topological polar surface area (TPSA) is 49.3 Å². The molecule has 2 N–H and O–H groups in total. The van der Waals surface area contributed by atoms with Crippen LogP contribution in [0.4, 0.5) is 0 Å². The molecule has 14 heavy (non-hydrogen) atoms. The number of carboxylic acids is 1. The van der Waals surface area contributed by atoms with Gasteiger partial charge in [-0.15, -0.1) is 0 Å². The van der Waals surface area contributed by atoms with Crippen LogP contribution >= 0.6 is 0 Å². The molecule has 0 spiro atoms. The molecule has 3 heteroatoms. The average molecular weight is 197 g/mol. The molecular formula is C11H19NO2. The molecule has 0 bridgehead atoms. The van der Waals surface area contributed by atoms with Gasteiger partial charge in [-0.05, 0) is 44.1 Å². The predicted octanol–water partition coefficient (Wildman–Crippen LogP) is 1.63. The van der Waals surface area contributed by atoms with Crippen molar-refractivity contribution >= 4 is 5.97 Å². The largest absolute Gasteiger partial charge is 0.480 e. The lowest BCUT2D eigenvalue weighted by Gasteiger charge is -2.12. The summed E-state index contributed by atoms with van der Waals surface area (Å²) in [4.78, 5) is 10.9. The third kappa shape index (κ3) is 2.98. The van der Waals surface area contributed by atoms with Gasteiger partial charge in [0.1, 0.15) is 6.04 Å². The van der Waals surface area contributed by atoms with E-state index in [2.05, 4.69) is 5.32 Å². The second-order valence-electron chi connectivity index (χ2n) is 4.69. The van der Waals surface area contributed by atoms with Crippen LogP contribution < -0.4 is 5.32 Å². The minimum Gasteiger partial charge on any atom is -0.480 e. The molecule has 0 aromatic rings. The summed E-state index contributed by atoms with van der Waals surface area (Å²) in [5, 5.41) is 12.1. The Bertz CT molecular complexity index is 209. The van der Waals surface area contributed by atoms with Crippen molar-refractivity contribution in [3.8, 4) is 0 Å². The highest BCUT2D eigenvalue weighted by atomic mass is 16.4. The van der Waals surface area contributed by atoms with Crippen LogP contribution in [0.15, 0.2) is 0 Å². The first-order chi connectivity index (χ1) is 6.77. The van der Waals surface area contributed by atoms with E-state index >= 15 is 0 Å². The Morgan fingerprint density at radius 1 is 1.36 bits per heavy atom. The number of nitrogens with one attached hydrogen (secondary N) is 1. The van der Waals surface area contributed by atoms with Crippen LogP contribution in [0, 0.1) is 11.8 Å². The zero-order valence-electron chi connectivity index (χ0n) is 8.54. The van der Waals surface area contributed by atoms with Crippen LogP contribution in [0.25, 0.3) is 0 Å². The van der Waals surface area contributed by atoms with Gasteiger partial charge in [0.05, 0.1) is 0 Å². The highest BCUT2D eigenvalue weighted by molar-refractivity contribution is 5.74. The first-order valence-electron chi connectivity index (χ1n) is 5.73. The van der Waals surface area contributed by atoms with E-state index in [-0.39, 0.29) is 6.04 Å². The van der Waals surface area contributed by atoms with E-state index in [9.17, 15) is 4.79 Å². The molecule has 0 radical (unpaired) electrons. The Morgan fingerprint density at radius 3 is 2.57 bits per heavy atom. The maximum atomic E-state index is 10.9. The van der Waals surface area contributed by atoms with E-state index in [0.29, 0.717) is 5.92 Å². The number of carboxylic acid groups (broad SMARTS) is 1. The number of hydrogen-bond acceptors (Lipinski definition) is 2. The highest BCUT2D eigenvalue weighted by Gasteiger charge is 2.35. The lowest BCUT2D eigenvalue weighted by molar-refractivity contribution is -0.140. The fourth-order valence-corrected chi connectivity index (χ4v) is 1.94. The first kappa shape index (κ1) is 9.97. The molecule has 0 amide bonds. The van der Waals surface area contributed by atoms with Crippen molar-refractivity contribution in [2.24, 2.45) is 11.8 Å². The Balaban J connectivity index is 1.58. The summed E-state index contributed by atoms with van der Waals surface area (Å²) in [6.07, 6.45) is 7.39. The van der Waals surface area contributed by atoms with E-state index in [1.807, 2.05) is 0 Å². The smallest absolute Gasteiger partial charge is 0.320 e. The maximum absolute atomic E-state index is 10.9. The van der Waals surface area contributed by atoms with Crippen LogP contribution in [0.5, 0.6) is 0 Å². The maximum Gasteiger partial charge on any atom is 0.320 e. The third-order valence-corrected chi connectivity index (χ3v) is 3.21. The molecule has 1 atom stereocenters. The van der Waals surface area contributed by atoms with Crippen molar-refractivity contribution in [1.29, 1.82) is 0 Å². The van der Waals surface area contributed by atoms with Gasteiger partial charge in [-0.3, -0.25) is 4.79 Å². The summed E-state index contributed by atoms with van der Waals surface area (Å²) in [6.45, 7) is 0.879. The summed E-state index contributed by atoms with van der Waals surface area (Å²) in [5.41, 5.74) is 0. The van der Waals surface area contributed by atoms with E-state index in [1.165, 1.54) is 19.3 Å². The molecule has 3 nitrogen and oxygen atoms in total. The molecule has 1 unspecified atom stereocenters. The summed E-state index contributed by atoms with van der Waals surface area (Å²) < 4.78 is 0. The van der Waals surface area contributed by atoms with E-state index in [1.54, 1.807) is 0 Å². The zero-order chi connectivity index (χ0) is 9.97. The van der Waals surface area contributed by atoms with Gasteiger partial charge >= 0.3 is 5.97 Å². The summed E-state index contributed by atoms with van der Waals surface area (Å²) >= 11 is 0. The molecule has 0 heterocycles. The van der Waals surface area contributed by atoms with Crippen LogP contribution in [-0.2, 0) is 4.79 Å². The van der Waals surface area contributed by atoms with Gasteiger partial charge in [0.2, 0.25) is 0 Å². The van der Waals surface area contributed by atoms with Crippen LogP contribution in [0.3, 0.4) is 0 Å². The molecule has 2 fully saturated rings. The van der Waals surface area contributed by atoms with Crippen LogP contribution in [-0.4, -0.2) is 23.7 Å². The second-order valence-corrected chi connectivity index (χ2v) is 4.69. The summed E-state index contributed by atoms with van der Waals surface area (Å²) in [5.74, 6) is 0.702. The molecule has 2 aliphatic carbocycles. The molecule has 0 aromatic carbocycles. The average Bonchev–Trinajstić information content (AvgIpc) is 2.99. The minimum atomic E-state index is -0.668. The minimum absolute atomic E-state index is 0.269. The standard InChI is InChI=1S/C11H19NO2/c13-11(14)10(9-5-6-9)12-7-1-2-8-3-4-8/h8-10,12H,1-7H2,(H,13,14). The molecule has 2 saturated carbocycles. The molecule has 2 aliphatic rings. The molecular weight excluding hydrogens is 178 g/mol. The van der Waals surface area contributed by atoms with Gasteiger partial charge in [-0.1, -0.05) is 12.8 Å². The normalized spacial score (nSPS) is 23.4. The van der Waals surface area contributed by atoms with Crippen molar-refractivity contribution in [3.05, 3.63) is 0 Å². The van der Waals surface area contributed by atoms with E-state index in [4.69, 9.17) is 5.11 Å². The van der Waals surface area contributed by atoms with Gasteiger partial charge in [-0.25, -0.2) is 0 Å². The van der Waals surface area contributed by atoms with Gasteiger partial charge < -0.3 is 10.4 Å². The summed E-state index contributed by atoms with van der Waals surface area (Å²) in [6, 6.07) is -0.269. The number of rotatable bonds is 7. The summed E-state index contributed by atoms with van der Waals surface area (Å²) in [7, 11) is 0. The van der Waals surface area contributed by atoms with Gasteiger partial charge in [0, 0.05) is 0 Å². The lowest BCUT2D eigenvalue weighted by Crippen LogP contribution is -2.39. The van der Waals surface area contributed by atoms with Crippen molar-refractivity contribution in [2.75, 3.05) is 6.54 Å². The fraction of sp³-hybridized carbons (Fsp3) is 0.909. The van der Waals surface area contributed by atoms with Crippen molar-refractivity contribution < 1.29 is 9.90 Å². The lowest BCUT2D eigenvalue weighted by atomic mass is 10.1. The number of hydrogen-bond donors (Lipinski definition) is 2. The Kier molecular flexibility index (Phi) is 3.06. The number of aliphatic carboxylic acids is 1. The first-order valence-corrected chi connectivity index (χ1v) is 5.73.